The Morgan fingerprint density at radius 3 is 2.67 bits per heavy atom. The molecule has 0 aliphatic carbocycles. The number of ether oxygens (including phenoxy) is 1. The highest BCUT2D eigenvalue weighted by molar-refractivity contribution is 5.27. The summed E-state index contributed by atoms with van der Waals surface area (Å²) >= 11 is 0. The minimum atomic E-state index is -0.173. The quantitative estimate of drug-likeness (QED) is 0.775. The van der Waals surface area contributed by atoms with E-state index < -0.39 is 0 Å². The van der Waals surface area contributed by atoms with Crippen molar-refractivity contribution in [2.45, 2.75) is 25.0 Å². The van der Waals surface area contributed by atoms with E-state index in [2.05, 4.69) is 17.4 Å². The van der Waals surface area contributed by atoms with Crippen LogP contribution in [-0.4, -0.2) is 30.9 Å². The van der Waals surface area contributed by atoms with E-state index in [-0.39, 0.29) is 6.10 Å². The van der Waals surface area contributed by atoms with Crippen LogP contribution in [0.4, 0.5) is 0 Å². The largest absolute Gasteiger partial charge is 0.497 e. The standard InChI is InChI=1S/C12H17NO2/c1-15-12-4-2-9(3-5-12)6-10-7-11(14)8-13-10/h2-5,10-11,13-14H,6-8H2,1H3/t10-,11-/m1/s1. The van der Waals surface area contributed by atoms with E-state index in [4.69, 9.17) is 4.74 Å². The lowest BCUT2D eigenvalue weighted by Gasteiger charge is -2.10. The maximum absolute atomic E-state index is 9.38. The monoisotopic (exact) mass is 207 g/mol. The van der Waals surface area contributed by atoms with Crippen molar-refractivity contribution >= 4 is 0 Å². The van der Waals surface area contributed by atoms with Gasteiger partial charge in [0.1, 0.15) is 5.75 Å². The third kappa shape index (κ3) is 2.70. The predicted octanol–water partition coefficient (Wildman–Crippen LogP) is 0.960. The van der Waals surface area contributed by atoms with Gasteiger partial charge in [0, 0.05) is 12.6 Å². The lowest BCUT2D eigenvalue weighted by molar-refractivity contribution is 0.193. The molecule has 2 N–H and O–H groups in total. The average molecular weight is 207 g/mol. The Hall–Kier alpha value is -1.06. The molecular weight excluding hydrogens is 190 g/mol. The van der Waals surface area contributed by atoms with Crippen LogP contribution in [0.2, 0.25) is 0 Å². The van der Waals surface area contributed by atoms with Crippen LogP contribution in [0.3, 0.4) is 0 Å². The predicted molar refractivity (Wildman–Crippen MR) is 59.1 cm³/mol. The van der Waals surface area contributed by atoms with Crippen LogP contribution in [0.15, 0.2) is 24.3 Å². The van der Waals surface area contributed by atoms with Gasteiger partial charge in [-0.15, -0.1) is 0 Å². The smallest absolute Gasteiger partial charge is 0.118 e. The van der Waals surface area contributed by atoms with Crippen molar-refractivity contribution in [2.75, 3.05) is 13.7 Å². The molecule has 1 heterocycles. The van der Waals surface area contributed by atoms with E-state index in [0.29, 0.717) is 6.04 Å². The Morgan fingerprint density at radius 2 is 2.13 bits per heavy atom. The van der Waals surface area contributed by atoms with Crippen LogP contribution >= 0.6 is 0 Å². The SMILES string of the molecule is COc1ccc(C[C@@H]2C[C@@H](O)CN2)cc1. The van der Waals surface area contributed by atoms with Gasteiger partial charge in [0.25, 0.3) is 0 Å². The molecule has 1 aliphatic heterocycles. The second-order valence-corrected chi connectivity index (χ2v) is 4.05. The lowest BCUT2D eigenvalue weighted by Crippen LogP contribution is -2.23. The summed E-state index contributed by atoms with van der Waals surface area (Å²) in [6, 6.07) is 8.51. The maximum Gasteiger partial charge on any atom is 0.118 e. The van der Waals surface area contributed by atoms with E-state index >= 15 is 0 Å². The minimum absolute atomic E-state index is 0.173. The first-order chi connectivity index (χ1) is 7.28. The first kappa shape index (κ1) is 10.5. The van der Waals surface area contributed by atoms with Gasteiger partial charge in [0.15, 0.2) is 0 Å². The molecule has 1 aliphatic rings. The fraction of sp³-hybridized carbons (Fsp3) is 0.500. The van der Waals surface area contributed by atoms with Crippen LogP contribution in [-0.2, 0) is 6.42 Å². The summed E-state index contributed by atoms with van der Waals surface area (Å²) in [5.74, 6) is 0.887. The first-order valence-electron chi connectivity index (χ1n) is 5.32. The number of benzene rings is 1. The molecule has 0 saturated carbocycles. The van der Waals surface area contributed by atoms with E-state index in [1.54, 1.807) is 7.11 Å². The second kappa shape index (κ2) is 4.64. The molecular formula is C12H17NO2. The van der Waals surface area contributed by atoms with Gasteiger partial charge in [-0.2, -0.15) is 0 Å². The maximum atomic E-state index is 9.38. The van der Waals surface area contributed by atoms with Crippen molar-refractivity contribution in [1.29, 1.82) is 0 Å². The fourth-order valence-corrected chi connectivity index (χ4v) is 2.00. The lowest BCUT2D eigenvalue weighted by atomic mass is 10.0. The number of hydrogen-bond acceptors (Lipinski definition) is 3. The van der Waals surface area contributed by atoms with Crippen molar-refractivity contribution in [3.63, 3.8) is 0 Å². The second-order valence-electron chi connectivity index (χ2n) is 4.05. The molecule has 0 aromatic heterocycles. The van der Waals surface area contributed by atoms with Gasteiger partial charge in [-0.3, -0.25) is 0 Å². The summed E-state index contributed by atoms with van der Waals surface area (Å²) in [5.41, 5.74) is 1.28. The van der Waals surface area contributed by atoms with Gasteiger partial charge in [-0.25, -0.2) is 0 Å². The third-order valence-electron chi connectivity index (χ3n) is 2.84. The van der Waals surface area contributed by atoms with Gasteiger partial charge < -0.3 is 15.2 Å². The van der Waals surface area contributed by atoms with Gasteiger partial charge in [0.2, 0.25) is 0 Å². The molecule has 2 rings (SSSR count). The zero-order valence-corrected chi connectivity index (χ0v) is 8.94. The number of β-amino-alcohol motifs (C(OH)–C–C–N with tert-alkyl or cyclic N) is 1. The molecule has 2 atom stereocenters. The van der Waals surface area contributed by atoms with Crippen LogP contribution in [0, 0.1) is 0 Å². The zero-order valence-electron chi connectivity index (χ0n) is 8.94. The number of rotatable bonds is 3. The molecule has 0 spiro atoms. The van der Waals surface area contributed by atoms with Crippen LogP contribution in [0.25, 0.3) is 0 Å². The summed E-state index contributed by atoms with van der Waals surface area (Å²) in [6.45, 7) is 0.723. The zero-order chi connectivity index (χ0) is 10.7. The molecule has 3 nitrogen and oxygen atoms in total. The Bertz CT molecular complexity index is 310. The van der Waals surface area contributed by atoms with Crippen LogP contribution in [0.1, 0.15) is 12.0 Å². The molecule has 1 saturated heterocycles. The highest BCUT2D eigenvalue weighted by atomic mass is 16.5. The van der Waals surface area contributed by atoms with Crippen molar-refractivity contribution < 1.29 is 9.84 Å². The van der Waals surface area contributed by atoms with E-state index in [9.17, 15) is 5.11 Å². The van der Waals surface area contributed by atoms with Gasteiger partial charge >= 0.3 is 0 Å². The first-order valence-corrected chi connectivity index (χ1v) is 5.32. The minimum Gasteiger partial charge on any atom is -0.497 e. The van der Waals surface area contributed by atoms with Gasteiger partial charge in [-0.05, 0) is 30.5 Å². The molecule has 1 fully saturated rings. The summed E-state index contributed by atoms with van der Waals surface area (Å²) in [6.07, 6.45) is 1.65. The Balaban J connectivity index is 1.93. The van der Waals surface area contributed by atoms with Crippen molar-refractivity contribution in [1.82, 2.24) is 5.32 Å². The van der Waals surface area contributed by atoms with Crippen LogP contribution < -0.4 is 10.1 Å². The fourth-order valence-electron chi connectivity index (χ4n) is 2.00. The number of hydrogen-bond donors (Lipinski definition) is 2. The van der Waals surface area contributed by atoms with Crippen molar-refractivity contribution in [2.24, 2.45) is 0 Å². The number of nitrogens with one attached hydrogen (secondary N) is 1. The van der Waals surface area contributed by atoms with Gasteiger partial charge in [-0.1, -0.05) is 12.1 Å². The molecule has 3 heteroatoms. The number of aliphatic hydroxyl groups excluding tert-OH is 1. The highest BCUT2D eigenvalue weighted by Crippen LogP contribution is 2.16. The molecule has 1 aromatic carbocycles. The van der Waals surface area contributed by atoms with Crippen LogP contribution in [0.5, 0.6) is 5.75 Å². The molecule has 1 aromatic rings. The molecule has 15 heavy (non-hydrogen) atoms. The van der Waals surface area contributed by atoms with Gasteiger partial charge in [0.05, 0.1) is 13.2 Å². The van der Waals surface area contributed by atoms with E-state index in [1.165, 1.54) is 5.56 Å². The topological polar surface area (TPSA) is 41.5 Å². The molecule has 0 bridgehead atoms. The molecule has 0 amide bonds. The Morgan fingerprint density at radius 1 is 1.40 bits per heavy atom. The molecule has 0 unspecified atom stereocenters. The van der Waals surface area contributed by atoms with Crippen molar-refractivity contribution in [3.05, 3.63) is 29.8 Å². The number of methoxy groups -OCH3 is 1. The summed E-state index contributed by atoms with van der Waals surface area (Å²) in [5, 5.41) is 12.7. The highest BCUT2D eigenvalue weighted by Gasteiger charge is 2.21. The Labute approximate surface area is 90.1 Å². The summed E-state index contributed by atoms with van der Waals surface area (Å²) in [4.78, 5) is 0. The van der Waals surface area contributed by atoms with Crippen molar-refractivity contribution in [3.8, 4) is 5.75 Å². The van der Waals surface area contributed by atoms with E-state index in [0.717, 1.165) is 25.1 Å². The molecule has 0 radical (unpaired) electrons. The average Bonchev–Trinajstić information content (AvgIpc) is 2.65. The normalized spacial score (nSPS) is 25.5. The summed E-state index contributed by atoms with van der Waals surface area (Å²) in [7, 11) is 1.67. The van der Waals surface area contributed by atoms with E-state index in [1.807, 2.05) is 12.1 Å². The summed E-state index contributed by atoms with van der Waals surface area (Å²) < 4.78 is 5.10. The third-order valence-corrected chi connectivity index (χ3v) is 2.84. The molecule has 82 valence electrons. The number of aliphatic hydroxyl groups is 1. The Kier molecular flexibility index (Phi) is 3.23.